The molecule has 160 valence electrons. The zero-order valence-electron chi connectivity index (χ0n) is 16.3. The van der Waals surface area contributed by atoms with Crippen LogP contribution in [0.1, 0.15) is 30.9 Å². The summed E-state index contributed by atoms with van der Waals surface area (Å²) in [6.45, 7) is 5.12. The number of nitrogens with one attached hydrogen (secondary N) is 4. The van der Waals surface area contributed by atoms with E-state index in [1.807, 2.05) is 0 Å². The molecule has 10 heteroatoms. The molecule has 0 bridgehead atoms. The van der Waals surface area contributed by atoms with Gasteiger partial charge in [0.15, 0.2) is 0 Å². The minimum absolute atomic E-state index is 0.0220. The molecular weight excluding hydrogens is 400 g/mol. The van der Waals surface area contributed by atoms with Gasteiger partial charge in [0.05, 0.1) is 5.69 Å². The van der Waals surface area contributed by atoms with Crippen molar-refractivity contribution in [2.45, 2.75) is 38.2 Å². The first kappa shape index (κ1) is 21.5. The van der Waals surface area contributed by atoms with Crippen molar-refractivity contribution in [3.8, 4) is 0 Å². The first-order valence-electron chi connectivity index (χ1n) is 9.33. The molecule has 0 saturated heterocycles. The van der Waals surface area contributed by atoms with Crippen LogP contribution in [0.15, 0.2) is 36.5 Å². The Kier molecular flexibility index (Phi) is 6.23. The summed E-state index contributed by atoms with van der Waals surface area (Å²) in [7, 11) is 0. The molecule has 1 aliphatic rings. The number of nitrogens with zero attached hydrogens (tertiary/aromatic N) is 2. The minimum Gasteiger partial charge on any atom is -0.381 e. The molecule has 1 atom stereocenters. The van der Waals surface area contributed by atoms with Gasteiger partial charge in [-0.25, -0.2) is 9.37 Å². The van der Waals surface area contributed by atoms with Gasteiger partial charge < -0.3 is 21.4 Å². The second-order valence-corrected chi connectivity index (χ2v) is 7.10. The molecule has 1 saturated carbocycles. The molecule has 1 fully saturated rings. The molecule has 1 unspecified atom stereocenters. The van der Waals surface area contributed by atoms with Crippen molar-refractivity contribution in [1.82, 2.24) is 9.97 Å². The molecule has 6 nitrogen and oxygen atoms in total. The quantitative estimate of drug-likeness (QED) is 0.256. The van der Waals surface area contributed by atoms with E-state index in [-0.39, 0.29) is 24.4 Å². The van der Waals surface area contributed by atoms with Gasteiger partial charge in [-0.15, -0.1) is 0 Å². The Morgan fingerprint density at radius 3 is 2.63 bits per heavy atom. The Morgan fingerprint density at radius 2 is 2.03 bits per heavy atom. The average molecular weight is 422 g/mol. The molecule has 1 heterocycles. The highest BCUT2D eigenvalue weighted by molar-refractivity contribution is 5.94. The molecule has 2 aromatic rings. The van der Waals surface area contributed by atoms with Gasteiger partial charge in [-0.05, 0) is 37.5 Å². The molecule has 1 aromatic carbocycles. The lowest BCUT2D eigenvalue weighted by Crippen LogP contribution is -2.17. The third-order valence-corrected chi connectivity index (χ3v) is 4.52. The molecule has 3 rings (SSSR count). The lowest BCUT2D eigenvalue weighted by molar-refractivity contribution is -0.137. The number of aromatic nitrogens is 2. The number of rotatable bonds is 9. The van der Waals surface area contributed by atoms with Crippen LogP contribution in [0.5, 0.6) is 0 Å². The van der Waals surface area contributed by atoms with E-state index in [1.165, 1.54) is 0 Å². The minimum atomic E-state index is -4.58. The van der Waals surface area contributed by atoms with Crippen molar-refractivity contribution in [3.63, 3.8) is 0 Å². The maximum absolute atomic E-state index is 13.8. The highest BCUT2D eigenvalue weighted by Gasteiger charge is 2.36. The van der Waals surface area contributed by atoms with Crippen molar-refractivity contribution in [2.24, 2.45) is 0 Å². The van der Waals surface area contributed by atoms with Crippen molar-refractivity contribution < 1.29 is 17.6 Å². The average Bonchev–Trinajstić information content (AvgIpc) is 3.49. The van der Waals surface area contributed by atoms with Gasteiger partial charge >= 0.3 is 6.18 Å². The fourth-order valence-corrected chi connectivity index (χ4v) is 2.66. The molecule has 0 spiro atoms. The Hall–Kier alpha value is -3.17. The largest absolute Gasteiger partial charge is 0.421 e. The summed E-state index contributed by atoms with van der Waals surface area (Å²) in [6.07, 6.45) is -2.47. The molecule has 0 aliphatic heterocycles. The third-order valence-electron chi connectivity index (χ3n) is 4.52. The molecular formula is C20H22F4N6. The number of alkyl halides is 4. The molecule has 4 N–H and O–H groups in total. The predicted octanol–water partition coefficient (Wildman–Crippen LogP) is 5.14. The molecule has 1 aromatic heterocycles. The highest BCUT2D eigenvalue weighted by Crippen LogP contribution is 2.36. The fraction of sp³-hybridized carbons (Fsp3) is 0.350. The van der Waals surface area contributed by atoms with Crippen LogP contribution in [-0.4, -0.2) is 34.9 Å². The van der Waals surface area contributed by atoms with E-state index in [0.717, 1.165) is 25.3 Å². The zero-order chi connectivity index (χ0) is 21.9. The van der Waals surface area contributed by atoms with Gasteiger partial charge in [-0.3, -0.25) is 0 Å². The smallest absolute Gasteiger partial charge is 0.381 e. The lowest BCUT2D eigenvalue weighted by atomic mass is 10.1. The van der Waals surface area contributed by atoms with E-state index in [2.05, 4.69) is 32.5 Å². The van der Waals surface area contributed by atoms with Gasteiger partial charge in [0.1, 0.15) is 17.6 Å². The Bertz CT molecular complexity index is 939. The molecule has 0 amide bonds. The van der Waals surface area contributed by atoms with Crippen LogP contribution >= 0.6 is 0 Å². The van der Waals surface area contributed by atoms with Crippen molar-refractivity contribution in [1.29, 1.82) is 5.41 Å². The normalized spacial score (nSPS) is 14.7. The van der Waals surface area contributed by atoms with Crippen molar-refractivity contribution in [2.75, 3.05) is 22.5 Å². The van der Waals surface area contributed by atoms with E-state index in [4.69, 9.17) is 5.41 Å². The Labute approximate surface area is 171 Å². The van der Waals surface area contributed by atoms with E-state index in [9.17, 15) is 17.6 Å². The van der Waals surface area contributed by atoms with E-state index < -0.39 is 17.9 Å². The number of halogens is 4. The number of benzene rings is 1. The molecule has 0 radical (unpaired) electrons. The first-order chi connectivity index (χ1) is 14.2. The Morgan fingerprint density at radius 1 is 1.33 bits per heavy atom. The summed E-state index contributed by atoms with van der Waals surface area (Å²) >= 11 is 0. The second kappa shape index (κ2) is 8.68. The monoisotopic (exact) mass is 422 g/mol. The number of hydrogen-bond donors (Lipinski definition) is 4. The fourth-order valence-electron chi connectivity index (χ4n) is 2.66. The van der Waals surface area contributed by atoms with Crippen LogP contribution in [-0.2, 0) is 6.18 Å². The summed E-state index contributed by atoms with van der Waals surface area (Å²) in [4.78, 5) is 7.78. The maximum Gasteiger partial charge on any atom is 0.421 e. The van der Waals surface area contributed by atoms with Crippen LogP contribution in [0, 0.1) is 5.41 Å². The van der Waals surface area contributed by atoms with Crippen molar-refractivity contribution >= 4 is 29.4 Å². The van der Waals surface area contributed by atoms with Gasteiger partial charge in [-0.2, -0.15) is 18.2 Å². The van der Waals surface area contributed by atoms with Crippen LogP contribution in [0.3, 0.4) is 0 Å². The van der Waals surface area contributed by atoms with Crippen LogP contribution in [0.25, 0.3) is 0 Å². The highest BCUT2D eigenvalue weighted by atomic mass is 19.4. The van der Waals surface area contributed by atoms with E-state index in [1.54, 1.807) is 25.1 Å². The summed E-state index contributed by atoms with van der Waals surface area (Å²) in [5, 5.41) is 16.3. The standard InChI is InChI=1S/C20H22F4N6/c1-11(2)15(21)10-26-16-4-3-5-17(13(16)8-25)29-19-27-9-14(20(22,23)24)18(30-19)28-12-6-7-12/h3-5,8-9,12,15,25-26H,1,6-7,10H2,2H3,(H2,27,28,29,30). The topological polar surface area (TPSA) is 85.7 Å². The van der Waals surface area contributed by atoms with Crippen molar-refractivity contribution in [3.05, 3.63) is 47.7 Å². The number of anilines is 4. The maximum atomic E-state index is 13.8. The van der Waals surface area contributed by atoms with Crippen LogP contribution in [0.4, 0.5) is 40.7 Å². The third kappa shape index (κ3) is 5.25. The Balaban J connectivity index is 1.85. The molecule has 1 aliphatic carbocycles. The van der Waals surface area contributed by atoms with E-state index in [0.29, 0.717) is 22.5 Å². The lowest BCUT2D eigenvalue weighted by Gasteiger charge is -2.17. The number of hydrogen-bond acceptors (Lipinski definition) is 6. The summed E-state index contributed by atoms with van der Waals surface area (Å²) < 4.78 is 53.6. The summed E-state index contributed by atoms with van der Waals surface area (Å²) in [5.74, 6) is -0.327. The first-order valence-corrected chi connectivity index (χ1v) is 9.33. The second-order valence-electron chi connectivity index (χ2n) is 7.10. The van der Waals surface area contributed by atoms with Crippen LogP contribution < -0.4 is 16.0 Å². The summed E-state index contributed by atoms with van der Waals surface area (Å²) in [5.41, 5.74) is 0.727. The van der Waals surface area contributed by atoms with Gasteiger partial charge in [0, 0.05) is 36.2 Å². The van der Waals surface area contributed by atoms with E-state index >= 15 is 0 Å². The SMILES string of the molecule is C=C(C)C(F)CNc1cccc(Nc2ncc(C(F)(F)F)c(NC3CC3)n2)c1C=N. The zero-order valence-corrected chi connectivity index (χ0v) is 16.3. The van der Waals surface area contributed by atoms with Crippen LogP contribution in [0.2, 0.25) is 0 Å². The summed E-state index contributed by atoms with van der Waals surface area (Å²) in [6, 6.07) is 4.94. The van der Waals surface area contributed by atoms with Gasteiger partial charge in [0.2, 0.25) is 5.95 Å². The predicted molar refractivity (Wildman–Crippen MR) is 109 cm³/mol. The molecule has 30 heavy (non-hydrogen) atoms. The van der Waals surface area contributed by atoms with Gasteiger partial charge in [-0.1, -0.05) is 12.6 Å². The van der Waals surface area contributed by atoms with Gasteiger partial charge in [0.25, 0.3) is 0 Å².